The normalized spacial score (nSPS) is 12.0. The molecule has 0 fully saturated rings. The molecule has 0 aliphatic rings. The Morgan fingerprint density at radius 1 is 1.00 bits per heavy atom. The summed E-state index contributed by atoms with van der Waals surface area (Å²) >= 11 is 6.05. The summed E-state index contributed by atoms with van der Waals surface area (Å²) in [6.45, 7) is 2.17. The molecule has 0 amide bonds. The topological polar surface area (TPSA) is 53.2 Å². The summed E-state index contributed by atoms with van der Waals surface area (Å²) in [6.07, 6.45) is 7.67. The first-order valence-electron chi connectivity index (χ1n) is 10.8. The molecular weight excluding hydrogens is 412 g/mol. The molecule has 0 saturated carbocycles. The maximum Gasteiger partial charge on any atom is 0.334 e. The Bertz CT molecular complexity index is 1040. The van der Waals surface area contributed by atoms with Crippen LogP contribution in [0.3, 0.4) is 0 Å². The Morgan fingerprint density at radius 2 is 1.68 bits per heavy atom. The molecule has 0 radical (unpaired) electrons. The Labute approximate surface area is 188 Å². The minimum absolute atomic E-state index is 0.273. The van der Waals surface area contributed by atoms with Crippen molar-refractivity contribution in [3.63, 3.8) is 0 Å². The minimum Gasteiger partial charge on any atom is -0.467 e. The molecular formula is C25H29ClN2O3. The maximum atomic E-state index is 13.5. The number of ether oxygens (including phenoxy) is 1. The van der Waals surface area contributed by atoms with Gasteiger partial charge in [0.05, 0.1) is 18.5 Å². The number of hydrogen-bond acceptors (Lipinski definition) is 3. The van der Waals surface area contributed by atoms with Crippen molar-refractivity contribution in [2.24, 2.45) is 0 Å². The fourth-order valence-corrected chi connectivity index (χ4v) is 3.91. The number of carbonyl (C=O) groups excluding carboxylic acids is 1. The molecule has 1 unspecified atom stereocenters. The number of carbonyl (C=O) groups is 1. The second-order valence-electron chi connectivity index (χ2n) is 7.62. The zero-order chi connectivity index (χ0) is 22.2. The van der Waals surface area contributed by atoms with E-state index in [1.165, 1.54) is 18.1 Å². The lowest BCUT2D eigenvalue weighted by atomic mass is 10.1. The van der Waals surface area contributed by atoms with Gasteiger partial charge in [-0.1, -0.05) is 81.0 Å². The molecule has 0 spiro atoms. The average molecular weight is 441 g/mol. The number of unbranched alkanes of at least 4 members (excludes halogenated alkanes) is 4. The lowest BCUT2D eigenvalue weighted by Crippen LogP contribution is -2.31. The molecule has 0 aliphatic carbocycles. The van der Waals surface area contributed by atoms with Gasteiger partial charge in [-0.2, -0.15) is 0 Å². The molecule has 5 nitrogen and oxygen atoms in total. The highest BCUT2D eigenvalue weighted by atomic mass is 35.5. The van der Waals surface area contributed by atoms with Gasteiger partial charge in [-0.25, -0.2) is 9.59 Å². The van der Waals surface area contributed by atoms with E-state index in [0.29, 0.717) is 22.8 Å². The van der Waals surface area contributed by atoms with E-state index in [-0.39, 0.29) is 5.69 Å². The highest BCUT2D eigenvalue weighted by Gasteiger charge is 2.26. The summed E-state index contributed by atoms with van der Waals surface area (Å²) in [6, 6.07) is 16.1. The summed E-state index contributed by atoms with van der Waals surface area (Å²) in [5.74, 6) is -0.398. The smallest absolute Gasteiger partial charge is 0.334 e. The van der Waals surface area contributed by atoms with Gasteiger partial charge in [-0.05, 0) is 30.7 Å². The van der Waals surface area contributed by atoms with Crippen LogP contribution in [0.1, 0.15) is 51.5 Å². The van der Waals surface area contributed by atoms with Crippen molar-refractivity contribution in [1.29, 1.82) is 0 Å². The second-order valence-corrected chi connectivity index (χ2v) is 8.06. The third kappa shape index (κ3) is 5.47. The van der Waals surface area contributed by atoms with Gasteiger partial charge >= 0.3 is 11.7 Å². The van der Waals surface area contributed by atoms with Crippen molar-refractivity contribution in [3.05, 3.63) is 76.3 Å². The number of hydrogen-bond donors (Lipinski definition) is 0. The molecule has 0 N–H and O–H groups in total. The van der Waals surface area contributed by atoms with Crippen molar-refractivity contribution < 1.29 is 9.53 Å². The highest BCUT2D eigenvalue weighted by Crippen LogP contribution is 2.26. The molecule has 0 aliphatic heterocycles. The van der Waals surface area contributed by atoms with E-state index in [1.807, 2.05) is 30.3 Å². The molecule has 1 aromatic heterocycles. The Morgan fingerprint density at radius 3 is 2.32 bits per heavy atom. The second kappa shape index (κ2) is 11.0. The predicted octanol–water partition coefficient (Wildman–Crippen LogP) is 6.03. The van der Waals surface area contributed by atoms with Crippen molar-refractivity contribution in [2.75, 3.05) is 7.11 Å². The largest absolute Gasteiger partial charge is 0.467 e. The molecule has 1 heterocycles. The molecule has 31 heavy (non-hydrogen) atoms. The number of rotatable bonds is 10. The van der Waals surface area contributed by atoms with Crippen molar-refractivity contribution in [2.45, 2.75) is 51.5 Å². The SMILES string of the molecule is CCCCCCCC(C(=O)OC)n1cc(-c2ccccc2)n(-c2ccc(Cl)cc2)c1=O. The first-order valence-corrected chi connectivity index (χ1v) is 11.2. The summed E-state index contributed by atoms with van der Waals surface area (Å²) in [7, 11) is 1.37. The predicted molar refractivity (Wildman–Crippen MR) is 125 cm³/mol. The highest BCUT2D eigenvalue weighted by molar-refractivity contribution is 6.30. The minimum atomic E-state index is -0.657. The fourth-order valence-electron chi connectivity index (χ4n) is 3.79. The molecule has 3 aromatic rings. The van der Waals surface area contributed by atoms with E-state index in [1.54, 1.807) is 35.0 Å². The third-order valence-electron chi connectivity index (χ3n) is 5.46. The van der Waals surface area contributed by atoms with Crippen LogP contribution in [-0.4, -0.2) is 22.2 Å². The number of imidazole rings is 1. The van der Waals surface area contributed by atoms with Gasteiger partial charge in [0, 0.05) is 16.8 Å². The maximum absolute atomic E-state index is 13.5. The lowest BCUT2D eigenvalue weighted by molar-refractivity contribution is -0.145. The van der Waals surface area contributed by atoms with E-state index in [4.69, 9.17) is 16.3 Å². The zero-order valence-corrected chi connectivity index (χ0v) is 18.8. The molecule has 0 saturated heterocycles. The van der Waals surface area contributed by atoms with Gasteiger partial charge in [-0.15, -0.1) is 0 Å². The van der Waals surface area contributed by atoms with Crippen LogP contribution in [-0.2, 0) is 9.53 Å². The molecule has 2 aromatic carbocycles. The first-order chi connectivity index (χ1) is 15.1. The van der Waals surface area contributed by atoms with Gasteiger partial charge in [0.25, 0.3) is 0 Å². The molecule has 3 rings (SSSR count). The average Bonchev–Trinajstić information content (AvgIpc) is 3.13. The Balaban J connectivity index is 2.05. The summed E-state index contributed by atoms with van der Waals surface area (Å²) in [5, 5.41) is 0.594. The van der Waals surface area contributed by atoms with Crippen LogP contribution < -0.4 is 5.69 Å². The zero-order valence-electron chi connectivity index (χ0n) is 18.1. The van der Waals surface area contributed by atoms with Crippen LogP contribution in [0.25, 0.3) is 16.9 Å². The number of aromatic nitrogens is 2. The van der Waals surface area contributed by atoms with Crippen LogP contribution in [0.4, 0.5) is 0 Å². The quantitative estimate of drug-likeness (QED) is 0.285. The molecule has 0 bridgehead atoms. The Hall–Kier alpha value is -2.79. The van der Waals surface area contributed by atoms with E-state index in [9.17, 15) is 9.59 Å². The van der Waals surface area contributed by atoms with E-state index < -0.39 is 12.0 Å². The van der Waals surface area contributed by atoms with Crippen LogP contribution in [0, 0.1) is 0 Å². The van der Waals surface area contributed by atoms with Crippen LogP contribution in [0.2, 0.25) is 5.02 Å². The summed E-state index contributed by atoms with van der Waals surface area (Å²) < 4.78 is 8.19. The third-order valence-corrected chi connectivity index (χ3v) is 5.71. The van der Waals surface area contributed by atoms with Gasteiger partial charge in [-0.3, -0.25) is 9.13 Å². The van der Waals surface area contributed by atoms with E-state index in [0.717, 1.165) is 31.2 Å². The van der Waals surface area contributed by atoms with Crippen LogP contribution >= 0.6 is 11.6 Å². The van der Waals surface area contributed by atoms with Gasteiger partial charge < -0.3 is 4.74 Å². The number of methoxy groups -OCH3 is 1. The molecule has 1 atom stereocenters. The van der Waals surface area contributed by atoms with E-state index in [2.05, 4.69) is 6.92 Å². The standard InChI is InChI=1S/C25H29ClN2O3/c1-3-4-5-6-10-13-22(24(29)31-2)27-18-23(19-11-8-7-9-12-19)28(25(27)30)21-16-14-20(26)15-17-21/h7-9,11-12,14-18,22H,3-6,10,13H2,1-2H3. The van der Waals surface area contributed by atoms with Crippen LogP contribution in [0.5, 0.6) is 0 Å². The van der Waals surface area contributed by atoms with Crippen molar-refractivity contribution >= 4 is 17.6 Å². The molecule has 164 valence electrons. The number of nitrogens with zero attached hydrogens (tertiary/aromatic N) is 2. The fraction of sp³-hybridized carbons (Fsp3) is 0.360. The van der Waals surface area contributed by atoms with Crippen molar-refractivity contribution in [3.8, 4) is 16.9 Å². The molecule has 6 heteroatoms. The number of benzene rings is 2. The summed E-state index contributed by atoms with van der Waals surface area (Å²) in [4.78, 5) is 26.1. The van der Waals surface area contributed by atoms with E-state index >= 15 is 0 Å². The van der Waals surface area contributed by atoms with Crippen molar-refractivity contribution in [1.82, 2.24) is 9.13 Å². The first kappa shape index (κ1) is 22.9. The lowest BCUT2D eigenvalue weighted by Gasteiger charge is -2.15. The monoisotopic (exact) mass is 440 g/mol. The van der Waals surface area contributed by atoms with Gasteiger partial charge in [0.2, 0.25) is 0 Å². The summed E-state index contributed by atoms with van der Waals surface area (Å²) in [5.41, 5.74) is 2.02. The number of halogens is 1. The van der Waals surface area contributed by atoms with Crippen LogP contribution in [0.15, 0.2) is 65.6 Å². The number of esters is 1. The van der Waals surface area contributed by atoms with Gasteiger partial charge in [0.15, 0.2) is 0 Å². The Kier molecular flexibility index (Phi) is 8.13. The van der Waals surface area contributed by atoms with Gasteiger partial charge in [0.1, 0.15) is 6.04 Å².